The molecule has 0 fully saturated rings. The maximum Gasteiger partial charge on any atom is 0.234 e. The number of hydrogen-bond donors (Lipinski definition) is 1. The van der Waals surface area contributed by atoms with Gasteiger partial charge in [-0.05, 0) is 6.26 Å². The fraction of sp³-hybridized carbons (Fsp3) is 0.333. The molecule has 1 aromatic heterocycles. The van der Waals surface area contributed by atoms with Crippen LogP contribution < -0.4 is 5.32 Å². The maximum atomic E-state index is 9.69. The van der Waals surface area contributed by atoms with Crippen LogP contribution in [-0.4, -0.2) is 28.5 Å². The van der Waals surface area contributed by atoms with Crippen molar-refractivity contribution in [2.75, 3.05) is 13.3 Å². The molecule has 0 unspecified atom stereocenters. The Kier molecular flexibility index (Phi) is 7.96. The molecule has 84 valence electrons. The number of amidine groups is 1. The van der Waals surface area contributed by atoms with E-state index in [-0.39, 0.29) is 0 Å². The molecule has 0 bridgehead atoms. The van der Waals surface area contributed by atoms with Crippen LogP contribution in [0.4, 0.5) is 0 Å². The summed E-state index contributed by atoms with van der Waals surface area (Å²) in [4.78, 5) is 13.4. The molecule has 0 amide bonds. The highest BCUT2D eigenvalue weighted by atomic mass is 35.5. The lowest BCUT2D eigenvalue weighted by atomic mass is 11.0. The molecule has 0 aliphatic rings. The van der Waals surface area contributed by atoms with Gasteiger partial charge in [-0.1, -0.05) is 23.4 Å². The molecule has 0 saturated heterocycles. The molecular weight excluding hydrogens is 260 g/mol. The zero-order valence-corrected chi connectivity index (χ0v) is 10.4. The normalized spacial score (nSPS) is 10.2. The van der Waals surface area contributed by atoms with Gasteiger partial charge in [-0.15, -0.1) is 11.3 Å². The highest BCUT2D eigenvalue weighted by Gasteiger charge is 1.97. The van der Waals surface area contributed by atoms with Crippen LogP contribution in [0.3, 0.4) is 0 Å². The number of hydrazone groups is 1. The minimum Gasteiger partial charge on any atom is -0.363 e. The first-order chi connectivity index (χ1) is 7.10. The number of thioether (sulfide) groups is 1. The molecule has 0 spiro atoms. The third kappa shape index (κ3) is 8.16. The van der Waals surface area contributed by atoms with Crippen molar-refractivity contribution in [2.45, 2.75) is 0 Å². The smallest absolute Gasteiger partial charge is 0.234 e. The van der Waals surface area contributed by atoms with E-state index in [0.29, 0.717) is 9.63 Å². The summed E-state index contributed by atoms with van der Waals surface area (Å²) in [5, 5.41) is 16.7. The van der Waals surface area contributed by atoms with Gasteiger partial charge in [0.2, 0.25) is 5.17 Å². The number of thiazole rings is 1. The predicted octanol–water partition coefficient (Wildman–Crippen LogP) is 1.91. The molecule has 0 aliphatic heterocycles. The quantitative estimate of drug-likeness (QED) is 0.364. The lowest BCUT2D eigenvalue weighted by molar-refractivity contribution is -0.484. The Morgan fingerprint density at radius 2 is 2.53 bits per heavy atom. The minimum absolute atomic E-state index is 0.306. The van der Waals surface area contributed by atoms with E-state index >= 15 is 0 Å². The molecular formula is C6H9ClN4O2S2. The van der Waals surface area contributed by atoms with Crippen molar-refractivity contribution in [3.05, 3.63) is 26.2 Å². The summed E-state index contributed by atoms with van der Waals surface area (Å²) in [6, 6.07) is 0. The zero-order valence-electron chi connectivity index (χ0n) is 8.01. The topological polar surface area (TPSA) is 80.4 Å². The van der Waals surface area contributed by atoms with Crippen molar-refractivity contribution in [1.82, 2.24) is 10.3 Å². The van der Waals surface area contributed by atoms with Gasteiger partial charge in [0.05, 0.1) is 5.10 Å². The van der Waals surface area contributed by atoms with E-state index in [2.05, 4.69) is 15.4 Å². The van der Waals surface area contributed by atoms with Crippen LogP contribution in [0, 0.1) is 10.1 Å². The van der Waals surface area contributed by atoms with Crippen LogP contribution in [0.2, 0.25) is 4.47 Å². The Morgan fingerprint density at radius 3 is 2.67 bits per heavy atom. The van der Waals surface area contributed by atoms with E-state index < -0.39 is 5.03 Å². The van der Waals surface area contributed by atoms with Gasteiger partial charge < -0.3 is 5.32 Å². The maximum absolute atomic E-state index is 9.69. The van der Waals surface area contributed by atoms with Crippen molar-refractivity contribution in [1.29, 1.82) is 0 Å². The van der Waals surface area contributed by atoms with E-state index in [9.17, 15) is 10.1 Å². The highest BCUT2D eigenvalue weighted by Crippen LogP contribution is 2.08. The molecule has 0 saturated carbocycles. The molecule has 1 aromatic rings. The van der Waals surface area contributed by atoms with Gasteiger partial charge in [-0.2, -0.15) is 0 Å². The molecule has 0 aliphatic carbocycles. The largest absolute Gasteiger partial charge is 0.363 e. The second-order valence-corrected chi connectivity index (χ2v) is 4.15. The molecule has 0 atom stereocenters. The molecule has 15 heavy (non-hydrogen) atoms. The first-order valence-corrected chi connectivity index (χ1v) is 6.08. The van der Waals surface area contributed by atoms with Crippen molar-refractivity contribution in [3.63, 3.8) is 0 Å². The van der Waals surface area contributed by atoms with Crippen molar-refractivity contribution >= 4 is 39.9 Å². The fourth-order valence-electron chi connectivity index (χ4n) is 0.473. The van der Waals surface area contributed by atoms with Gasteiger partial charge in [0, 0.05) is 18.6 Å². The van der Waals surface area contributed by atoms with Crippen molar-refractivity contribution in [3.8, 4) is 0 Å². The Labute approximate surface area is 99.9 Å². The zero-order chi connectivity index (χ0) is 11.7. The summed E-state index contributed by atoms with van der Waals surface area (Å²) in [5.74, 6) is 0. The number of nitro groups is 1. The Balaban J connectivity index is 0.000000280. The highest BCUT2D eigenvalue weighted by molar-refractivity contribution is 8.13. The molecule has 1 N–H and O–H groups in total. The Bertz CT molecular complexity index is 311. The molecule has 1 rings (SSSR count). The van der Waals surface area contributed by atoms with E-state index in [1.165, 1.54) is 23.1 Å². The minimum atomic E-state index is -0.734. The first kappa shape index (κ1) is 14.1. The van der Waals surface area contributed by atoms with Gasteiger partial charge >= 0.3 is 0 Å². The van der Waals surface area contributed by atoms with E-state index in [0.717, 1.165) is 0 Å². The van der Waals surface area contributed by atoms with Gasteiger partial charge in [0.1, 0.15) is 0 Å². The third-order valence-electron chi connectivity index (χ3n) is 0.982. The Hall–Kier alpha value is -0.860. The molecule has 0 radical (unpaired) electrons. The number of aromatic nitrogens is 1. The fourth-order valence-corrected chi connectivity index (χ4v) is 1.39. The van der Waals surface area contributed by atoms with Crippen LogP contribution in [0.5, 0.6) is 0 Å². The van der Waals surface area contributed by atoms with E-state index in [1.54, 1.807) is 19.5 Å². The van der Waals surface area contributed by atoms with Crippen molar-refractivity contribution < 1.29 is 5.03 Å². The summed E-state index contributed by atoms with van der Waals surface area (Å²) in [6.45, 7) is 0. The monoisotopic (exact) mass is 268 g/mol. The lowest BCUT2D eigenvalue weighted by Crippen LogP contribution is -2.15. The number of rotatable bonds is 1. The predicted molar refractivity (Wildman–Crippen MR) is 64.1 cm³/mol. The average molecular weight is 269 g/mol. The second kappa shape index (κ2) is 8.45. The van der Waals surface area contributed by atoms with Crippen LogP contribution in [0.1, 0.15) is 0 Å². The number of hydrogen-bond acceptors (Lipinski definition) is 5. The van der Waals surface area contributed by atoms with Gasteiger partial charge in [0.25, 0.3) is 0 Å². The molecule has 1 heterocycles. The summed E-state index contributed by atoms with van der Waals surface area (Å²) in [6.07, 6.45) is 3.38. The van der Waals surface area contributed by atoms with Gasteiger partial charge in [-0.3, -0.25) is 0 Å². The van der Waals surface area contributed by atoms with Crippen LogP contribution >= 0.6 is 34.7 Å². The molecule has 6 nitrogen and oxygen atoms in total. The average Bonchev–Trinajstić information content (AvgIpc) is 2.66. The van der Waals surface area contributed by atoms with E-state index in [1.807, 2.05) is 5.38 Å². The molecule has 0 aromatic carbocycles. The van der Waals surface area contributed by atoms with Crippen LogP contribution in [0.15, 0.2) is 16.7 Å². The standard InChI is InChI=1S/C3H2ClNS.C3H7N3O2S/c4-3-5-1-2-6-3;1-4-3(9-2)5-6(7)8/h1-2H;1-2H3,(H,4,5). The molecule has 9 heteroatoms. The summed E-state index contributed by atoms with van der Waals surface area (Å²) in [7, 11) is 1.58. The SMILES string of the molecule is CNC(=N[N+](=O)[O-])SC.Clc1nccs1. The van der Waals surface area contributed by atoms with Crippen LogP contribution in [0.25, 0.3) is 0 Å². The second-order valence-electron chi connectivity index (χ2n) is 1.88. The number of nitrogens with one attached hydrogen (secondary N) is 1. The van der Waals surface area contributed by atoms with Crippen LogP contribution in [-0.2, 0) is 0 Å². The number of nitrogens with zero attached hydrogens (tertiary/aromatic N) is 3. The van der Waals surface area contributed by atoms with Gasteiger partial charge in [-0.25, -0.2) is 15.1 Å². The lowest BCUT2D eigenvalue weighted by Gasteiger charge is -1.92. The van der Waals surface area contributed by atoms with E-state index in [4.69, 9.17) is 11.6 Å². The summed E-state index contributed by atoms with van der Waals surface area (Å²) >= 11 is 7.99. The Morgan fingerprint density at radius 1 is 1.87 bits per heavy atom. The first-order valence-electron chi connectivity index (χ1n) is 3.60. The van der Waals surface area contributed by atoms with Gasteiger partial charge in [0.15, 0.2) is 9.50 Å². The number of halogens is 1. The van der Waals surface area contributed by atoms with Crippen molar-refractivity contribution in [2.24, 2.45) is 5.10 Å². The summed E-state index contributed by atoms with van der Waals surface area (Å²) in [5.41, 5.74) is 0. The summed E-state index contributed by atoms with van der Waals surface area (Å²) < 4.78 is 0.606. The third-order valence-corrected chi connectivity index (χ3v) is 2.58.